The molecule has 1 N–H and O–H groups in total. The molecule has 2 heteroatoms. The minimum atomic E-state index is 0.239. The zero-order valence-corrected chi connectivity index (χ0v) is 9.11. The summed E-state index contributed by atoms with van der Waals surface area (Å²) in [5, 5.41) is 2.94. The lowest BCUT2D eigenvalue weighted by molar-refractivity contribution is -0.122. The number of allylic oxidation sites excluding steroid dienone is 3. The second-order valence-corrected chi connectivity index (χ2v) is 4.49. The fraction of sp³-hybridized carbons (Fsp3) is 0.615. The van der Waals surface area contributed by atoms with Crippen molar-refractivity contribution in [3.8, 4) is 0 Å². The van der Waals surface area contributed by atoms with Crippen LogP contribution in [0.25, 0.3) is 0 Å². The molecular weight excluding hydrogens is 186 g/mol. The normalized spacial score (nSPS) is 25.7. The van der Waals surface area contributed by atoms with Crippen molar-refractivity contribution >= 4 is 5.91 Å². The van der Waals surface area contributed by atoms with Crippen LogP contribution < -0.4 is 5.32 Å². The molecule has 0 radical (unpaired) electrons. The van der Waals surface area contributed by atoms with E-state index >= 15 is 0 Å². The average molecular weight is 205 g/mol. The SMILES string of the molecule is O=C(NCC=CC1CC=CCC1)C1CC1. The third kappa shape index (κ3) is 3.54. The monoisotopic (exact) mass is 205 g/mol. The Morgan fingerprint density at radius 3 is 2.87 bits per heavy atom. The summed E-state index contributed by atoms with van der Waals surface area (Å²) in [6, 6.07) is 0. The molecule has 0 bridgehead atoms. The van der Waals surface area contributed by atoms with Crippen molar-refractivity contribution in [1.29, 1.82) is 0 Å². The van der Waals surface area contributed by atoms with E-state index in [-0.39, 0.29) is 5.91 Å². The Morgan fingerprint density at radius 1 is 1.33 bits per heavy atom. The van der Waals surface area contributed by atoms with Crippen molar-refractivity contribution in [3.63, 3.8) is 0 Å². The molecule has 2 aliphatic rings. The first-order valence-corrected chi connectivity index (χ1v) is 5.95. The van der Waals surface area contributed by atoms with Crippen LogP contribution in [0.1, 0.15) is 32.1 Å². The molecule has 1 saturated carbocycles. The molecule has 82 valence electrons. The van der Waals surface area contributed by atoms with E-state index in [9.17, 15) is 4.79 Å². The first-order valence-electron chi connectivity index (χ1n) is 5.95. The summed E-state index contributed by atoms with van der Waals surface area (Å²) in [5.41, 5.74) is 0. The molecule has 0 saturated heterocycles. The number of hydrogen-bond donors (Lipinski definition) is 1. The van der Waals surface area contributed by atoms with Crippen LogP contribution >= 0.6 is 0 Å². The van der Waals surface area contributed by atoms with Crippen molar-refractivity contribution in [1.82, 2.24) is 5.32 Å². The van der Waals surface area contributed by atoms with Crippen molar-refractivity contribution in [2.24, 2.45) is 11.8 Å². The Labute approximate surface area is 91.4 Å². The van der Waals surface area contributed by atoms with Gasteiger partial charge in [-0.3, -0.25) is 4.79 Å². The predicted octanol–water partition coefficient (Wildman–Crippen LogP) is 2.43. The van der Waals surface area contributed by atoms with Crippen molar-refractivity contribution in [2.45, 2.75) is 32.1 Å². The zero-order valence-electron chi connectivity index (χ0n) is 9.11. The fourth-order valence-corrected chi connectivity index (χ4v) is 1.90. The van der Waals surface area contributed by atoms with Gasteiger partial charge in [0.1, 0.15) is 0 Å². The maximum atomic E-state index is 11.3. The Balaban J connectivity index is 1.61. The van der Waals surface area contributed by atoms with E-state index in [1.54, 1.807) is 0 Å². The zero-order chi connectivity index (χ0) is 10.5. The number of carbonyl (C=O) groups excluding carboxylic acids is 1. The number of hydrogen-bond acceptors (Lipinski definition) is 1. The summed E-state index contributed by atoms with van der Waals surface area (Å²) in [7, 11) is 0. The lowest BCUT2D eigenvalue weighted by Crippen LogP contribution is -2.24. The summed E-state index contributed by atoms with van der Waals surface area (Å²) >= 11 is 0. The maximum Gasteiger partial charge on any atom is 0.223 e. The van der Waals surface area contributed by atoms with Gasteiger partial charge in [0.25, 0.3) is 0 Å². The van der Waals surface area contributed by atoms with Gasteiger partial charge in [-0.25, -0.2) is 0 Å². The molecule has 0 heterocycles. The lowest BCUT2D eigenvalue weighted by atomic mass is 9.94. The Hall–Kier alpha value is -1.05. The van der Waals surface area contributed by atoms with E-state index in [0.717, 1.165) is 19.3 Å². The van der Waals surface area contributed by atoms with Gasteiger partial charge in [0.15, 0.2) is 0 Å². The highest BCUT2D eigenvalue weighted by atomic mass is 16.2. The van der Waals surface area contributed by atoms with Gasteiger partial charge < -0.3 is 5.32 Å². The van der Waals surface area contributed by atoms with Gasteiger partial charge in [-0.15, -0.1) is 0 Å². The quantitative estimate of drug-likeness (QED) is 0.702. The van der Waals surface area contributed by atoms with E-state index < -0.39 is 0 Å². The van der Waals surface area contributed by atoms with Gasteiger partial charge in [-0.2, -0.15) is 0 Å². The fourth-order valence-electron chi connectivity index (χ4n) is 1.90. The topological polar surface area (TPSA) is 29.1 Å². The molecule has 1 atom stereocenters. The molecule has 0 aromatic carbocycles. The molecule has 0 aliphatic heterocycles. The van der Waals surface area contributed by atoms with Gasteiger partial charge in [0.05, 0.1) is 0 Å². The van der Waals surface area contributed by atoms with Crippen LogP contribution in [0.3, 0.4) is 0 Å². The van der Waals surface area contributed by atoms with E-state index in [1.165, 1.54) is 12.8 Å². The van der Waals surface area contributed by atoms with Gasteiger partial charge in [0.2, 0.25) is 5.91 Å². The van der Waals surface area contributed by atoms with Crippen LogP contribution in [-0.4, -0.2) is 12.5 Å². The molecule has 0 spiro atoms. The Kier molecular flexibility index (Phi) is 3.59. The molecule has 1 amide bonds. The minimum absolute atomic E-state index is 0.239. The second kappa shape index (κ2) is 5.15. The molecule has 15 heavy (non-hydrogen) atoms. The molecule has 0 aromatic rings. The van der Waals surface area contributed by atoms with Crippen LogP contribution in [0.15, 0.2) is 24.3 Å². The minimum Gasteiger partial charge on any atom is -0.352 e. The van der Waals surface area contributed by atoms with Gasteiger partial charge in [-0.1, -0.05) is 24.3 Å². The number of nitrogens with one attached hydrogen (secondary N) is 1. The predicted molar refractivity (Wildman–Crippen MR) is 61.4 cm³/mol. The number of carbonyl (C=O) groups is 1. The maximum absolute atomic E-state index is 11.3. The van der Waals surface area contributed by atoms with Gasteiger partial charge in [0, 0.05) is 12.5 Å². The first-order chi connectivity index (χ1) is 7.36. The second-order valence-electron chi connectivity index (χ2n) is 4.49. The molecule has 2 nitrogen and oxygen atoms in total. The Bertz CT molecular complexity index is 276. The van der Waals surface area contributed by atoms with Gasteiger partial charge >= 0.3 is 0 Å². The summed E-state index contributed by atoms with van der Waals surface area (Å²) in [6.45, 7) is 0.704. The largest absolute Gasteiger partial charge is 0.352 e. The molecule has 2 rings (SSSR count). The summed E-state index contributed by atoms with van der Waals surface area (Å²) < 4.78 is 0. The smallest absolute Gasteiger partial charge is 0.223 e. The van der Waals surface area contributed by atoms with Crippen LogP contribution in [-0.2, 0) is 4.79 Å². The number of rotatable bonds is 4. The highest BCUT2D eigenvalue weighted by Crippen LogP contribution is 2.28. The third-order valence-electron chi connectivity index (χ3n) is 3.06. The molecule has 0 aromatic heterocycles. The van der Waals surface area contributed by atoms with Crippen LogP contribution in [0, 0.1) is 11.8 Å². The van der Waals surface area contributed by atoms with Crippen molar-refractivity contribution in [3.05, 3.63) is 24.3 Å². The van der Waals surface area contributed by atoms with Gasteiger partial charge in [-0.05, 0) is 38.0 Å². The third-order valence-corrected chi connectivity index (χ3v) is 3.06. The summed E-state index contributed by atoms with van der Waals surface area (Å²) in [4.78, 5) is 11.3. The summed E-state index contributed by atoms with van der Waals surface area (Å²) in [6.07, 6.45) is 14.6. The van der Waals surface area contributed by atoms with E-state index in [4.69, 9.17) is 0 Å². The molecular formula is C13H19NO. The Morgan fingerprint density at radius 2 is 2.20 bits per heavy atom. The summed E-state index contributed by atoms with van der Waals surface area (Å²) in [5.74, 6) is 1.26. The molecule has 2 aliphatic carbocycles. The molecule has 1 fully saturated rings. The van der Waals surface area contributed by atoms with Crippen molar-refractivity contribution in [2.75, 3.05) is 6.54 Å². The highest BCUT2D eigenvalue weighted by molar-refractivity contribution is 5.80. The van der Waals surface area contributed by atoms with Crippen LogP contribution in [0.2, 0.25) is 0 Å². The number of amides is 1. The lowest BCUT2D eigenvalue weighted by Gasteiger charge is -2.12. The molecule has 1 unspecified atom stereocenters. The highest BCUT2D eigenvalue weighted by Gasteiger charge is 2.28. The van der Waals surface area contributed by atoms with E-state index in [0.29, 0.717) is 18.4 Å². The van der Waals surface area contributed by atoms with E-state index in [2.05, 4.69) is 29.6 Å². The average Bonchev–Trinajstić information content (AvgIpc) is 3.09. The van der Waals surface area contributed by atoms with Crippen LogP contribution in [0.5, 0.6) is 0 Å². The standard InChI is InChI=1S/C13H19NO/c15-13(12-8-9-12)14-10-4-7-11-5-2-1-3-6-11/h1-2,4,7,11-12H,3,5-6,8-10H2,(H,14,15). The van der Waals surface area contributed by atoms with Crippen molar-refractivity contribution < 1.29 is 4.79 Å². The van der Waals surface area contributed by atoms with Crippen LogP contribution in [0.4, 0.5) is 0 Å². The van der Waals surface area contributed by atoms with E-state index in [1.807, 2.05) is 0 Å². The first kappa shape index (κ1) is 10.5.